The van der Waals surface area contributed by atoms with Gasteiger partial charge in [0.2, 0.25) is 21.8 Å². The average Bonchev–Trinajstić information content (AvgIpc) is 2.72. The van der Waals surface area contributed by atoms with Crippen LogP contribution in [0.2, 0.25) is 15.1 Å². The minimum absolute atomic E-state index is 0.0346. The fraction of sp³-hybridized carbons (Fsp3) is 0.391. The van der Waals surface area contributed by atoms with E-state index >= 15 is 0 Å². The van der Waals surface area contributed by atoms with Crippen LogP contribution in [0.4, 0.5) is 5.69 Å². The van der Waals surface area contributed by atoms with E-state index < -0.39 is 28.5 Å². The minimum atomic E-state index is -3.83. The summed E-state index contributed by atoms with van der Waals surface area (Å²) >= 11 is 18.2. The second kappa shape index (κ2) is 12.1. The molecule has 2 rings (SSSR count). The number of anilines is 1. The first-order valence-corrected chi connectivity index (χ1v) is 13.6. The first-order chi connectivity index (χ1) is 15.8. The fourth-order valence-electron chi connectivity index (χ4n) is 3.38. The summed E-state index contributed by atoms with van der Waals surface area (Å²) in [6.07, 6.45) is 1.33. The van der Waals surface area contributed by atoms with Crippen molar-refractivity contribution < 1.29 is 18.0 Å². The molecule has 0 spiro atoms. The van der Waals surface area contributed by atoms with Gasteiger partial charge in [-0.25, -0.2) is 8.42 Å². The van der Waals surface area contributed by atoms with E-state index in [0.29, 0.717) is 27.1 Å². The molecule has 0 saturated carbocycles. The van der Waals surface area contributed by atoms with Gasteiger partial charge in [0, 0.05) is 17.6 Å². The normalized spacial score (nSPS) is 12.4. The van der Waals surface area contributed by atoms with E-state index in [1.165, 1.54) is 11.0 Å². The lowest BCUT2D eigenvalue weighted by molar-refractivity contribution is -0.140. The average molecular weight is 549 g/mol. The van der Waals surface area contributed by atoms with Crippen molar-refractivity contribution >= 4 is 62.3 Å². The molecule has 0 aromatic heterocycles. The van der Waals surface area contributed by atoms with Crippen LogP contribution in [0.1, 0.15) is 32.8 Å². The van der Waals surface area contributed by atoms with Crippen molar-refractivity contribution in [1.29, 1.82) is 0 Å². The summed E-state index contributed by atoms with van der Waals surface area (Å²) in [5.74, 6) is -0.887. The van der Waals surface area contributed by atoms with Crippen molar-refractivity contribution in [2.45, 2.75) is 45.8 Å². The third-order valence-electron chi connectivity index (χ3n) is 4.93. The van der Waals surface area contributed by atoms with E-state index in [1.54, 1.807) is 43.3 Å². The largest absolute Gasteiger partial charge is 0.352 e. The lowest BCUT2D eigenvalue weighted by Crippen LogP contribution is -2.53. The Kier molecular flexibility index (Phi) is 10.1. The van der Waals surface area contributed by atoms with Gasteiger partial charge in [-0.3, -0.25) is 13.9 Å². The lowest BCUT2D eigenvalue weighted by Gasteiger charge is -2.33. The smallest absolute Gasteiger partial charge is 0.244 e. The number of halogens is 3. The van der Waals surface area contributed by atoms with Crippen LogP contribution in [0.5, 0.6) is 0 Å². The highest BCUT2D eigenvalue weighted by atomic mass is 35.5. The summed E-state index contributed by atoms with van der Waals surface area (Å²) in [7, 11) is -3.83. The molecule has 0 unspecified atom stereocenters. The zero-order valence-corrected chi connectivity index (χ0v) is 22.5. The second-order valence-corrected chi connectivity index (χ2v) is 11.3. The van der Waals surface area contributed by atoms with Crippen LogP contribution < -0.4 is 9.62 Å². The molecule has 0 aliphatic heterocycles. The molecule has 1 N–H and O–H groups in total. The van der Waals surface area contributed by atoms with Gasteiger partial charge in [-0.05, 0) is 56.2 Å². The number of benzene rings is 2. The van der Waals surface area contributed by atoms with Gasteiger partial charge in [0.05, 0.1) is 22.0 Å². The van der Waals surface area contributed by atoms with Gasteiger partial charge >= 0.3 is 0 Å². The molecule has 2 aromatic rings. The van der Waals surface area contributed by atoms with Gasteiger partial charge in [0.15, 0.2) is 0 Å². The Morgan fingerprint density at radius 2 is 1.71 bits per heavy atom. The molecule has 0 heterocycles. The molecular formula is C23H28Cl3N3O4S. The van der Waals surface area contributed by atoms with Crippen LogP contribution in [-0.2, 0) is 26.2 Å². The zero-order valence-electron chi connectivity index (χ0n) is 19.4. The van der Waals surface area contributed by atoms with E-state index in [2.05, 4.69) is 5.32 Å². The topological polar surface area (TPSA) is 86.8 Å². The molecule has 0 aliphatic carbocycles. The van der Waals surface area contributed by atoms with Gasteiger partial charge in [-0.1, -0.05) is 53.9 Å². The number of hydrogen-bond donors (Lipinski definition) is 1. The number of carbonyl (C=O) groups is 2. The molecule has 7 nitrogen and oxygen atoms in total. The van der Waals surface area contributed by atoms with Crippen molar-refractivity contribution in [1.82, 2.24) is 10.2 Å². The van der Waals surface area contributed by atoms with Gasteiger partial charge in [-0.15, -0.1) is 0 Å². The van der Waals surface area contributed by atoms with Crippen LogP contribution >= 0.6 is 34.8 Å². The predicted octanol–water partition coefficient (Wildman–Crippen LogP) is 4.74. The van der Waals surface area contributed by atoms with Gasteiger partial charge in [0.25, 0.3) is 0 Å². The van der Waals surface area contributed by atoms with Gasteiger partial charge in [0.1, 0.15) is 12.6 Å². The maximum absolute atomic E-state index is 13.6. The molecule has 0 fully saturated rings. The highest BCUT2D eigenvalue weighted by Crippen LogP contribution is 2.25. The quantitative estimate of drug-likeness (QED) is 0.464. The number of nitrogens with zero attached hydrogens (tertiary/aromatic N) is 2. The predicted molar refractivity (Wildman–Crippen MR) is 138 cm³/mol. The Balaban J connectivity index is 2.46. The molecule has 186 valence electrons. The lowest BCUT2D eigenvalue weighted by atomic mass is 10.1. The van der Waals surface area contributed by atoms with Gasteiger partial charge < -0.3 is 10.2 Å². The number of sulfonamides is 1. The van der Waals surface area contributed by atoms with Crippen molar-refractivity contribution in [3.8, 4) is 0 Å². The highest BCUT2D eigenvalue weighted by molar-refractivity contribution is 7.92. The molecule has 0 radical (unpaired) electrons. The van der Waals surface area contributed by atoms with Crippen LogP contribution in [0.25, 0.3) is 0 Å². The molecule has 2 amide bonds. The summed E-state index contributed by atoms with van der Waals surface area (Å²) < 4.78 is 26.1. The Bertz CT molecular complexity index is 1140. The van der Waals surface area contributed by atoms with E-state index in [1.807, 2.05) is 13.8 Å². The SMILES string of the molecule is CC[C@@H](C(=O)NC(C)C)N(Cc1ccc(Cl)c(Cl)c1)C(=O)CN(c1cccc(Cl)c1)S(C)(=O)=O. The van der Waals surface area contributed by atoms with Crippen LogP contribution in [0, 0.1) is 0 Å². The maximum Gasteiger partial charge on any atom is 0.244 e. The Hall–Kier alpha value is -2.00. The maximum atomic E-state index is 13.6. The number of nitrogens with one attached hydrogen (secondary N) is 1. The number of carbonyl (C=O) groups excluding carboxylic acids is 2. The van der Waals surface area contributed by atoms with E-state index in [-0.39, 0.29) is 24.2 Å². The summed E-state index contributed by atoms with van der Waals surface area (Å²) in [4.78, 5) is 27.9. The monoisotopic (exact) mass is 547 g/mol. The number of rotatable bonds is 10. The first kappa shape index (κ1) is 28.2. The molecule has 0 aliphatic rings. The van der Waals surface area contributed by atoms with Crippen molar-refractivity contribution in [2.75, 3.05) is 17.1 Å². The zero-order chi connectivity index (χ0) is 25.6. The summed E-state index contributed by atoms with van der Waals surface area (Å²) in [6.45, 7) is 4.95. The standard InChI is InChI=1S/C23H28Cl3N3O4S/c1-5-21(23(31)27-15(2)3)28(13-16-9-10-19(25)20(26)11-16)22(30)14-29(34(4,32)33)18-8-6-7-17(24)12-18/h6-12,15,21H,5,13-14H2,1-4H3,(H,27,31)/t21-/m0/s1. The van der Waals surface area contributed by atoms with E-state index in [9.17, 15) is 18.0 Å². The molecule has 11 heteroatoms. The second-order valence-electron chi connectivity index (χ2n) is 8.11. The fourth-order valence-corrected chi connectivity index (χ4v) is 4.73. The highest BCUT2D eigenvalue weighted by Gasteiger charge is 2.32. The number of amides is 2. The number of hydrogen-bond acceptors (Lipinski definition) is 4. The van der Waals surface area contributed by atoms with Crippen LogP contribution in [-0.4, -0.2) is 50.0 Å². The molecule has 2 aromatic carbocycles. The molecule has 0 bridgehead atoms. The van der Waals surface area contributed by atoms with Crippen molar-refractivity contribution in [3.05, 3.63) is 63.1 Å². The Morgan fingerprint density at radius 3 is 2.24 bits per heavy atom. The van der Waals surface area contributed by atoms with E-state index in [0.717, 1.165) is 10.6 Å². The molecule has 34 heavy (non-hydrogen) atoms. The third-order valence-corrected chi connectivity index (χ3v) is 7.04. The Morgan fingerprint density at radius 1 is 1.03 bits per heavy atom. The molecule has 1 atom stereocenters. The molecular weight excluding hydrogens is 521 g/mol. The van der Waals surface area contributed by atoms with Crippen LogP contribution in [0.3, 0.4) is 0 Å². The third kappa shape index (κ3) is 7.77. The first-order valence-electron chi connectivity index (χ1n) is 10.6. The van der Waals surface area contributed by atoms with E-state index in [4.69, 9.17) is 34.8 Å². The molecule has 0 saturated heterocycles. The van der Waals surface area contributed by atoms with Crippen molar-refractivity contribution in [3.63, 3.8) is 0 Å². The van der Waals surface area contributed by atoms with Crippen molar-refractivity contribution in [2.24, 2.45) is 0 Å². The van der Waals surface area contributed by atoms with Crippen LogP contribution in [0.15, 0.2) is 42.5 Å². The summed E-state index contributed by atoms with van der Waals surface area (Å²) in [5.41, 5.74) is 0.893. The summed E-state index contributed by atoms with van der Waals surface area (Å²) in [6, 6.07) is 10.2. The minimum Gasteiger partial charge on any atom is -0.352 e. The Labute approximate surface area is 216 Å². The van der Waals surface area contributed by atoms with Gasteiger partial charge in [-0.2, -0.15) is 0 Å². The summed E-state index contributed by atoms with van der Waals surface area (Å²) in [5, 5.41) is 3.82.